The van der Waals surface area contributed by atoms with Gasteiger partial charge in [-0.25, -0.2) is 0 Å². The average Bonchev–Trinajstić information content (AvgIpc) is 1.88. The Balaban J connectivity index is 2.33. The molecule has 1 fully saturated rings. The summed E-state index contributed by atoms with van der Waals surface area (Å²) < 4.78 is 0. The molecule has 0 amide bonds. The Morgan fingerprint density at radius 2 is 2.00 bits per heavy atom. The number of hydrogen-bond acceptors (Lipinski definition) is 2. The smallest absolute Gasteiger partial charge is 0.00399 e. The normalized spacial score (nSPS) is 22.9. The van der Waals surface area contributed by atoms with E-state index in [4.69, 9.17) is 5.73 Å². The molecule has 2 nitrogen and oxygen atoms in total. The van der Waals surface area contributed by atoms with E-state index in [0.29, 0.717) is 5.92 Å². The minimum Gasteiger partial charge on any atom is -0.402 e. The highest BCUT2D eigenvalue weighted by atomic mass is 15.1. The topological polar surface area (TPSA) is 29.3 Å². The van der Waals surface area contributed by atoms with Crippen LogP contribution in [-0.2, 0) is 0 Å². The van der Waals surface area contributed by atoms with Gasteiger partial charge in [-0.15, -0.1) is 0 Å². The number of likely N-dealkylation sites (tertiary alicyclic amines) is 1. The van der Waals surface area contributed by atoms with Gasteiger partial charge in [0, 0.05) is 11.6 Å². The monoisotopic (exact) mass is 140 g/mol. The summed E-state index contributed by atoms with van der Waals surface area (Å²) in [6.45, 7) is 6.10. The number of nitrogens with zero attached hydrogens (tertiary/aromatic N) is 1. The van der Waals surface area contributed by atoms with E-state index in [0.717, 1.165) is 5.70 Å². The van der Waals surface area contributed by atoms with E-state index in [2.05, 4.69) is 18.5 Å². The van der Waals surface area contributed by atoms with Crippen LogP contribution in [0.3, 0.4) is 0 Å². The fraction of sp³-hybridized carbons (Fsp3) is 0.750. The first kappa shape index (κ1) is 7.61. The second kappa shape index (κ2) is 3.06. The van der Waals surface area contributed by atoms with E-state index in [1.165, 1.54) is 25.9 Å². The zero-order valence-corrected chi connectivity index (χ0v) is 6.64. The van der Waals surface area contributed by atoms with Crippen molar-refractivity contribution in [2.45, 2.75) is 12.8 Å². The van der Waals surface area contributed by atoms with Crippen LogP contribution < -0.4 is 5.73 Å². The van der Waals surface area contributed by atoms with Gasteiger partial charge in [0.25, 0.3) is 0 Å². The van der Waals surface area contributed by atoms with Gasteiger partial charge in [-0.2, -0.15) is 0 Å². The van der Waals surface area contributed by atoms with E-state index < -0.39 is 0 Å². The molecule has 0 atom stereocenters. The number of nitrogens with two attached hydrogens (primary N) is 1. The van der Waals surface area contributed by atoms with Crippen LogP contribution in [0, 0.1) is 5.92 Å². The SMILES string of the molecule is C=C(N)C1CCN(C)CC1. The predicted octanol–water partition coefficient (Wildman–Crippen LogP) is 0.801. The summed E-state index contributed by atoms with van der Waals surface area (Å²) in [4.78, 5) is 2.33. The summed E-state index contributed by atoms with van der Waals surface area (Å²) in [5, 5.41) is 0. The lowest BCUT2D eigenvalue weighted by atomic mass is 9.95. The molecule has 0 unspecified atom stereocenters. The van der Waals surface area contributed by atoms with Crippen molar-refractivity contribution in [1.29, 1.82) is 0 Å². The molecule has 10 heavy (non-hydrogen) atoms. The third-order valence-corrected chi connectivity index (χ3v) is 2.24. The first-order chi connectivity index (χ1) is 4.70. The van der Waals surface area contributed by atoms with E-state index in [1.54, 1.807) is 0 Å². The average molecular weight is 140 g/mol. The second-order valence-corrected chi connectivity index (χ2v) is 3.15. The van der Waals surface area contributed by atoms with Gasteiger partial charge < -0.3 is 10.6 Å². The van der Waals surface area contributed by atoms with Gasteiger partial charge in [0.2, 0.25) is 0 Å². The fourth-order valence-electron chi connectivity index (χ4n) is 1.38. The number of allylic oxidation sites excluding steroid dienone is 1. The Morgan fingerprint density at radius 3 is 2.40 bits per heavy atom. The van der Waals surface area contributed by atoms with Crippen molar-refractivity contribution in [2.24, 2.45) is 11.7 Å². The van der Waals surface area contributed by atoms with Crippen LogP contribution in [0.4, 0.5) is 0 Å². The lowest BCUT2D eigenvalue weighted by molar-refractivity contribution is 0.237. The minimum atomic E-state index is 0.580. The molecule has 2 N–H and O–H groups in total. The molecule has 2 heteroatoms. The molecule has 1 saturated heterocycles. The standard InChI is InChI=1S/C8H16N2/c1-7(9)8-3-5-10(2)6-4-8/h8H,1,3-6,9H2,2H3. The largest absolute Gasteiger partial charge is 0.402 e. The van der Waals surface area contributed by atoms with Crippen molar-refractivity contribution in [2.75, 3.05) is 20.1 Å². The fourth-order valence-corrected chi connectivity index (χ4v) is 1.38. The van der Waals surface area contributed by atoms with E-state index >= 15 is 0 Å². The summed E-state index contributed by atoms with van der Waals surface area (Å²) in [5.74, 6) is 0.580. The Morgan fingerprint density at radius 1 is 1.50 bits per heavy atom. The van der Waals surface area contributed by atoms with E-state index in [1.807, 2.05) is 0 Å². The molecule has 0 aromatic rings. The van der Waals surface area contributed by atoms with Gasteiger partial charge in [0.05, 0.1) is 0 Å². The van der Waals surface area contributed by atoms with Crippen molar-refractivity contribution < 1.29 is 0 Å². The first-order valence-corrected chi connectivity index (χ1v) is 3.83. The lowest BCUT2D eigenvalue weighted by Gasteiger charge is -2.28. The molecule has 0 aromatic heterocycles. The molecule has 1 aliphatic rings. The molecule has 0 aliphatic carbocycles. The molecule has 0 radical (unpaired) electrons. The highest BCUT2D eigenvalue weighted by Crippen LogP contribution is 2.19. The predicted molar refractivity (Wildman–Crippen MR) is 43.5 cm³/mol. The van der Waals surface area contributed by atoms with Crippen molar-refractivity contribution >= 4 is 0 Å². The summed E-state index contributed by atoms with van der Waals surface area (Å²) >= 11 is 0. The van der Waals surface area contributed by atoms with Gasteiger partial charge in [-0.3, -0.25) is 0 Å². The molecular weight excluding hydrogens is 124 g/mol. The molecule has 58 valence electrons. The quantitative estimate of drug-likeness (QED) is 0.583. The van der Waals surface area contributed by atoms with Crippen LogP contribution in [0.1, 0.15) is 12.8 Å². The lowest BCUT2D eigenvalue weighted by Crippen LogP contribution is -2.32. The van der Waals surface area contributed by atoms with E-state index in [9.17, 15) is 0 Å². The zero-order chi connectivity index (χ0) is 7.56. The van der Waals surface area contributed by atoms with Gasteiger partial charge in [-0.05, 0) is 33.0 Å². The first-order valence-electron chi connectivity index (χ1n) is 3.83. The molecule has 0 bridgehead atoms. The Labute approximate surface area is 62.7 Å². The van der Waals surface area contributed by atoms with Crippen LogP contribution in [0.25, 0.3) is 0 Å². The third-order valence-electron chi connectivity index (χ3n) is 2.24. The summed E-state index contributed by atoms with van der Waals surface area (Å²) in [6, 6.07) is 0. The maximum Gasteiger partial charge on any atom is 0.00399 e. The minimum absolute atomic E-state index is 0.580. The van der Waals surface area contributed by atoms with E-state index in [-0.39, 0.29) is 0 Å². The Bertz CT molecular complexity index is 123. The number of hydrogen-bond donors (Lipinski definition) is 1. The van der Waals surface area contributed by atoms with Crippen molar-refractivity contribution in [3.63, 3.8) is 0 Å². The third kappa shape index (κ3) is 1.74. The molecule has 1 rings (SSSR count). The molecule has 0 spiro atoms. The van der Waals surface area contributed by atoms with Crippen LogP contribution in [0.15, 0.2) is 12.3 Å². The highest BCUT2D eigenvalue weighted by Gasteiger charge is 2.16. The Hall–Kier alpha value is -0.500. The van der Waals surface area contributed by atoms with Gasteiger partial charge in [0.1, 0.15) is 0 Å². The Kier molecular flexibility index (Phi) is 2.33. The maximum absolute atomic E-state index is 5.60. The molecule has 0 aromatic carbocycles. The number of rotatable bonds is 1. The molecular formula is C8H16N2. The maximum atomic E-state index is 5.60. The molecule has 1 heterocycles. The highest BCUT2D eigenvalue weighted by molar-refractivity contribution is 4.96. The second-order valence-electron chi connectivity index (χ2n) is 3.15. The van der Waals surface area contributed by atoms with Crippen molar-refractivity contribution in [1.82, 2.24) is 4.90 Å². The van der Waals surface area contributed by atoms with Crippen LogP contribution in [0.5, 0.6) is 0 Å². The summed E-state index contributed by atoms with van der Waals surface area (Å²) in [6.07, 6.45) is 2.37. The van der Waals surface area contributed by atoms with Gasteiger partial charge >= 0.3 is 0 Å². The van der Waals surface area contributed by atoms with Crippen molar-refractivity contribution in [3.05, 3.63) is 12.3 Å². The van der Waals surface area contributed by atoms with Gasteiger partial charge in [-0.1, -0.05) is 6.58 Å². The molecule has 1 aliphatic heterocycles. The van der Waals surface area contributed by atoms with Gasteiger partial charge in [0.15, 0.2) is 0 Å². The summed E-state index contributed by atoms with van der Waals surface area (Å²) in [5.41, 5.74) is 6.47. The van der Waals surface area contributed by atoms with Crippen LogP contribution in [-0.4, -0.2) is 25.0 Å². The number of piperidine rings is 1. The van der Waals surface area contributed by atoms with Crippen LogP contribution in [0.2, 0.25) is 0 Å². The molecule has 0 saturated carbocycles. The van der Waals surface area contributed by atoms with Crippen molar-refractivity contribution in [3.8, 4) is 0 Å². The van der Waals surface area contributed by atoms with Crippen LogP contribution >= 0.6 is 0 Å². The summed E-state index contributed by atoms with van der Waals surface area (Å²) in [7, 11) is 2.15. The zero-order valence-electron chi connectivity index (χ0n) is 6.64.